The van der Waals surface area contributed by atoms with Gasteiger partial charge in [0.1, 0.15) is 6.10 Å². The zero-order valence-corrected chi connectivity index (χ0v) is 17.8. The van der Waals surface area contributed by atoms with Crippen LogP contribution in [-0.2, 0) is 9.59 Å². The summed E-state index contributed by atoms with van der Waals surface area (Å²) in [6, 6.07) is 0.889. The van der Waals surface area contributed by atoms with Gasteiger partial charge >= 0.3 is 0 Å². The van der Waals surface area contributed by atoms with Crippen molar-refractivity contribution in [2.45, 2.75) is 55.1 Å². The van der Waals surface area contributed by atoms with E-state index >= 15 is 0 Å². The number of carbonyl (C=O) groups is 3. The maximum atomic E-state index is 12.6. The standard InChI is InChI=1S/C20H22O8.C2H6.CH4/c1-7(2)15(23)9-5-11(21)17(25)19(27)13(9)14-10(16(24)8(3)4)6-12(22)18(26)20(14)28;1-2;/h5-8,11,21-22,26-28H,1-4H3;1-2H3;1H4. The van der Waals surface area contributed by atoms with E-state index in [0.29, 0.717) is 0 Å². The molecule has 0 aliphatic heterocycles. The first kappa shape index (κ1) is 27.9. The predicted molar refractivity (Wildman–Crippen MR) is 117 cm³/mol. The van der Waals surface area contributed by atoms with Gasteiger partial charge in [0.2, 0.25) is 11.5 Å². The number of aromatic hydroxyl groups is 3. The van der Waals surface area contributed by atoms with E-state index in [-0.39, 0.29) is 18.6 Å². The van der Waals surface area contributed by atoms with Gasteiger partial charge in [-0.15, -0.1) is 0 Å². The van der Waals surface area contributed by atoms with Gasteiger partial charge in [0.15, 0.2) is 28.8 Å². The number of hydrogen-bond acceptors (Lipinski definition) is 8. The highest BCUT2D eigenvalue weighted by Crippen LogP contribution is 2.47. The van der Waals surface area contributed by atoms with Crippen LogP contribution in [0.3, 0.4) is 0 Å². The second-order valence-electron chi connectivity index (χ2n) is 7.17. The number of rotatable bonds is 5. The third kappa shape index (κ3) is 5.14. The molecule has 0 saturated heterocycles. The van der Waals surface area contributed by atoms with E-state index in [9.17, 15) is 39.9 Å². The lowest BCUT2D eigenvalue weighted by Gasteiger charge is -2.24. The zero-order chi connectivity index (χ0) is 23.5. The molecule has 0 spiro atoms. The molecule has 31 heavy (non-hydrogen) atoms. The van der Waals surface area contributed by atoms with Crippen LogP contribution in [-0.4, -0.2) is 49.0 Å². The molecule has 5 N–H and O–H groups in total. The minimum absolute atomic E-state index is 0. The average Bonchev–Trinajstić information content (AvgIpc) is 2.70. The maximum Gasteiger partial charge on any atom is 0.230 e. The molecule has 0 heterocycles. The van der Waals surface area contributed by atoms with Crippen LogP contribution in [0.25, 0.3) is 5.57 Å². The van der Waals surface area contributed by atoms with E-state index in [0.717, 1.165) is 12.1 Å². The number of phenolic OH excluding ortho intramolecular Hbond substituents is 3. The molecule has 8 nitrogen and oxygen atoms in total. The molecule has 0 aromatic heterocycles. The van der Waals surface area contributed by atoms with Crippen molar-refractivity contribution in [1.82, 2.24) is 0 Å². The van der Waals surface area contributed by atoms with Crippen LogP contribution in [0.4, 0.5) is 0 Å². The normalized spacial score (nSPS) is 15.8. The van der Waals surface area contributed by atoms with Crippen molar-refractivity contribution in [1.29, 1.82) is 0 Å². The fraction of sp³-hybridized carbons (Fsp3) is 0.435. The van der Waals surface area contributed by atoms with Crippen molar-refractivity contribution >= 4 is 22.9 Å². The van der Waals surface area contributed by atoms with Crippen LogP contribution in [0.5, 0.6) is 17.2 Å². The highest BCUT2D eigenvalue weighted by Gasteiger charge is 2.37. The average molecular weight is 437 g/mol. The summed E-state index contributed by atoms with van der Waals surface area (Å²) in [5, 5.41) is 50.5. The van der Waals surface area contributed by atoms with Crippen molar-refractivity contribution in [3.63, 3.8) is 0 Å². The van der Waals surface area contributed by atoms with Crippen molar-refractivity contribution < 1.29 is 39.9 Å². The molecule has 0 saturated carbocycles. The van der Waals surface area contributed by atoms with E-state index < -0.39 is 69.4 Å². The Balaban J connectivity index is 0.00000291. The van der Waals surface area contributed by atoms with Crippen molar-refractivity contribution in [2.24, 2.45) is 11.8 Å². The number of benzene rings is 1. The van der Waals surface area contributed by atoms with Gasteiger partial charge in [-0.05, 0) is 12.1 Å². The highest BCUT2D eigenvalue weighted by atomic mass is 16.3. The fourth-order valence-electron chi connectivity index (χ4n) is 2.88. The first-order valence-electron chi connectivity index (χ1n) is 9.64. The molecule has 1 aliphatic rings. The van der Waals surface area contributed by atoms with E-state index in [2.05, 4.69) is 0 Å². The van der Waals surface area contributed by atoms with Crippen molar-refractivity contribution in [3.8, 4) is 17.2 Å². The van der Waals surface area contributed by atoms with E-state index in [4.69, 9.17) is 0 Å². The predicted octanol–water partition coefficient (Wildman–Crippen LogP) is 3.67. The van der Waals surface area contributed by atoms with Gasteiger partial charge in [0, 0.05) is 34.1 Å². The SMILES string of the molecule is C.CC.CC(C)C(=O)C1=CC(O)C(=O)C(O)=C1c1c(C(=O)C(C)C)cc(O)c(O)c1O. The molecule has 0 bridgehead atoms. The summed E-state index contributed by atoms with van der Waals surface area (Å²) in [5.41, 5.74) is -1.52. The topological polar surface area (TPSA) is 152 Å². The van der Waals surface area contributed by atoms with Gasteiger partial charge in [0.25, 0.3) is 0 Å². The minimum atomic E-state index is -1.78. The largest absolute Gasteiger partial charge is 0.504 e. The fourth-order valence-corrected chi connectivity index (χ4v) is 2.88. The number of aliphatic hydroxyl groups excluding tert-OH is 2. The van der Waals surface area contributed by atoms with E-state index in [1.165, 1.54) is 0 Å². The Morgan fingerprint density at radius 3 is 1.84 bits per heavy atom. The molecule has 0 amide bonds. The molecule has 1 unspecified atom stereocenters. The number of aliphatic hydroxyl groups is 2. The van der Waals surface area contributed by atoms with Crippen LogP contribution in [0.15, 0.2) is 23.5 Å². The summed E-state index contributed by atoms with van der Waals surface area (Å²) >= 11 is 0. The number of ketones is 3. The Morgan fingerprint density at radius 1 is 0.903 bits per heavy atom. The smallest absolute Gasteiger partial charge is 0.230 e. The molecule has 0 radical (unpaired) electrons. The Labute approximate surface area is 182 Å². The van der Waals surface area contributed by atoms with Gasteiger partial charge < -0.3 is 25.5 Å². The van der Waals surface area contributed by atoms with Gasteiger partial charge in [-0.2, -0.15) is 0 Å². The third-order valence-corrected chi connectivity index (χ3v) is 4.42. The molecule has 0 fully saturated rings. The zero-order valence-electron chi connectivity index (χ0n) is 17.8. The number of carbonyl (C=O) groups excluding carboxylic acids is 3. The van der Waals surface area contributed by atoms with Gasteiger partial charge in [-0.25, -0.2) is 0 Å². The van der Waals surface area contributed by atoms with Crippen LogP contribution < -0.4 is 0 Å². The second-order valence-corrected chi connectivity index (χ2v) is 7.17. The van der Waals surface area contributed by atoms with Gasteiger partial charge in [-0.1, -0.05) is 49.0 Å². The Morgan fingerprint density at radius 2 is 1.39 bits per heavy atom. The molecule has 8 heteroatoms. The van der Waals surface area contributed by atoms with Crippen LogP contribution in [0.2, 0.25) is 0 Å². The summed E-state index contributed by atoms with van der Waals surface area (Å²) in [7, 11) is 0. The molecule has 1 aromatic carbocycles. The third-order valence-electron chi connectivity index (χ3n) is 4.42. The Kier molecular flexibility index (Phi) is 9.68. The summed E-state index contributed by atoms with van der Waals surface area (Å²) in [6.45, 7) is 10.2. The summed E-state index contributed by atoms with van der Waals surface area (Å²) in [5.74, 6) is -7.26. The molecule has 1 aromatic rings. The second kappa shape index (κ2) is 10.8. The monoisotopic (exact) mass is 436 g/mol. The Bertz CT molecular complexity index is 935. The summed E-state index contributed by atoms with van der Waals surface area (Å²) in [4.78, 5) is 37.4. The summed E-state index contributed by atoms with van der Waals surface area (Å²) in [6.07, 6.45) is -0.856. The van der Waals surface area contributed by atoms with Gasteiger partial charge in [-0.3, -0.25) is 14.4 Å². The van der Waals surface area contributed by atoms with Gasteiger partial charge in [0.05, 0.1) is 0 Å². The number of Topliss-reactive ketones (excluding diaryl/α,β-unsaturated/α-hetero) is 3. The first-order valence-corrected chi connectivity index (χ1v) is 9.64. The number of phenols is 3. The molecule has 1 atom stereocenters. The molecular weight excluding hydrogens is 404 g/mol. The first-order chi connectivity index (χ1) is 13.9. The molecule has 2 rings (SSSR count). The minimum Gasteiger partial charge on any atom is -0.504 e. The Hall–Kier alpha value is -3.13. The van der Waals surface area contributed by atoms with Crippen molar-refractivity contribution in [3.05, 3.63) is 34.6 Å². The quantitative estimate of drug-likeness (QED) is 0.346. The lowest BCUT2D eigenvalue weighted by atomic mass is 9.80. The lowest BCUT2D eigenvalue weighted by Crippen LogP contribution is -2.29. The van der Waals surface area contributed by atoms with Crippen LogP contribution in [0, 0.1) is 11.8 Å². The molecule has 172 valence electrons. The molecule has 1 aliphatic carbocycles. The van der Waals surface area contributed by atoms with Crippen molar-refractivity contribution in [2.75, 3.05) is 0 Å². The van der Waals surface area contributed by atoms with E-state index in [1.54, 1.807) is 27.7 Å². The highest BCUT2D eigenvalue weighted by molar-refractivity contribution is 6.22. The maximum absolute atomic E-state index is 12.6. The van der Waals surface area contributed by atoms with Crippen LogP contribution >= 0.6 is 0 Å². The number of hydrogen-bond donors (Lipinski definition) is 5. The summed E-state index contributed by atoms with van der Waals surface area (Å²) < 4.78 is 0. The van der Waals surface area contributed by atoms with E-state index in [1.807, 2.05) is 13.8 Å². The van der Waals surface area contributed by atoms with Crippen LogP contribution in [0.1, 0.15) is 64.9 Å². The lowest BCUT2D eigenvalue weighted by molar-refractivity contribution is -0.124. The number of allylic oxidation sites excluding steroid dienone is 2. The molecular formula is C23H32O8.